The third-order valence-electron chi connectivity index (χ3n) is 3.12. The highest BCUT2D eigenvalue weighted by Gasteiger charge is 2.09. The summed E-state index contributed by atoms with van der Waals surface area (Å²) in [5.74, 6) is 1.34. The van der Waals surface area contributed by atoms with Gasteiger partial charge in [-0.1, -0.05) is 31.2 Å². The van der Waals surface area contributed by atoms with Crippen molar-refractivity contribution < 1.29 is 0 Å². The molecule has 0 saturated heterocycles. The molecule has 96 valence electrons. The van der Waals surface area contributed by atoms with E-state index in [9.17, 15) is 0 Å². The molecule has 0 amide bonds. The van der Waals surface area contributed by atoms with E-state index >= 15 is 0 Å². The Morgan fingerprint density at radius 2 is 2.05 bits per heavy atom. The molecule has 3 rings (SSSR count). The van der Waals surface area contributed by atoms with Crippen molar-refractivity contribution in [3.63, 3.8) is 0 Å². The second kappa shape index (κ2) is 5.36. The highest BCUT2D eigenvalue weighted by atomic mass is 32.1. The van der Waals surface area contributed by atoms with Crippen molar-refractivity contribution in [2.45, 2.75) is 12.8 Å². The smallest absolute Gasteiger partial charge is 0.133 e. The number of anilines is 1. The Bertz CT molecular complexity index is 659. The summed E-state index contributed by atoms with van der Waals surface area (Å²) >= 11 is 1.70. The highest BCUT2D eigenvalue weighted by Crippen LogP contribution is 2.22. The number of nitrogens with zero attached hydrogens (tertiary/aromatic N) is 2. The molecule has 3 nitrogen and oxygen atoms in total. The molecule has 0 aliphatic heterocycles. The fourth-order valence-corrected chi connectivity index (χ4v) is 2.77. The van der Waals surface area contributed by atoms with E-state index in [1.165, 1.54) is 5.39 Å². The van der Waals surface area contributed by atoms with Gasteiger partial charge < -0.3 is 5.32 Å². The Kier molecular flexibility index (Phi) is 3.42. The molecule has 2 aromatic heterocycles. The first-order chi connectivity index (χ1) is 9.34. The Morgan fingerprint density at radius 1 is 1.16 bits per heavy atom. The van der Waals surface area contributed by atoms with Gasteiger partial charge in [-0.3, -0.25) is 0 Å². The summed E-state index contributed by atoms with van der Waals surface area (Å²) in [7, 11) is 0. The van der Waals surface area contributed by atoms with Crippen molar-refractivity contribution in [3.8, 4) is 0 Å². The van der Waals surface area contributed by atoms with Crippen LogP contribution in [-0.4, -0.2) is 16.5 Å². The van der Waals surface area contributed by atoms with Crippen molar-refractivity contribution >= 4 is 27.9 Å². The van der Waals surface area contributed by atoms with Crippen LogP contribution in [-0.2, 0) is 0 Å². The molecule has 0 aliphatic rings. The molecule has 2 heterocycles. The van der Waals surface area contributed by atoms with Crippen LogP contribution < -0.4 is 5.32 Å². The van der Waals surface area contributed by atoms with Crippen LogP contribution in [0.1, 0.15) is 17.8 Å². The largest absolute Gasteiger partial charge is 0.369 e. The number of hydrogen-bond acceptors (Lipinski definition) is 4. The molecule has 1 atom stereocenters. The Morgan fingerprint density at radius 3 is 2.89 bits per heavy atom. The monoisotopic (exact) mass is 269 g/mol. The van der Waals surface area contributed by atoms with Crippen LogP contribution in [0.15, 0.2) is 48.1 Å². The number of aromatic nitrogens is 2. The molecule has 0 radical (unpaired) electrons. The van der Waals surface area contributed by atoms with Gasteiger partial charge in [0.05, 0.1) is 5.01 Å². The maximum Gasteiger partial charge on any atom is 0.133 e. The van der Waals surface area contributed by atoms with E-state index in [0.717, 1.165) is 22.8 Å². The SMILES string of the molecule is CC(CNc1nccc2ccccc12)c1nccs1. The topological polar surface area (TPSA) is 37.8 Å². The van der Waals surface area contributed by atoms with Crippen molar-refractivity contribution in [3.05, 3.63) is 53.1 Å². The van der Waals surface area contributed by atoms with E-state index in [-0.39, 0.29) is 0 Å². The summed E-state index contributed by atoms with van der Waals surface area (Å²) in [6.07, 6.45) is 3.70. The molecule has 1 N–H and O–H groups in total. The van der Waals surface area contributed by atoms with Crippen LogP contribution in [0.3, 0.4) is 0 Å². The zero-order chi connectivity index (χ0) is 13.1. The fourth-order valence-electron chi connectivity index (χ4n) is 2.08. The summed E-state index contributed by atoms with van der Waals surface area (Å²) in [6, 6.07) is 10.3. The summed E-state index contributed by atoms with van der Waals surface area (Å²) < 4.78 is 0. The maximum atomic E-state index is 4.43. The Balaban J connectivity index is 1.79. The van der Waals surface area contributed by atoms with Gasteiger partial charge in [-0.2, -0.15) is 0 Å². The molecule has 1 unspecified atom stereocenters. The summed E-state index contributed by atoms with van der Waals surface area (Å²) in [5, 5.41) is 8.98. The van der Waals surface area contributed by atoms with Crippen molar-refractivity contribution in [1.82, 2.24) is 9.97 Å². The minimum atomic E-state index is 0.390. The molecule has 0 bridgehead atoms. The molecule has 0 aliphatic carbocycles. The lowest BCUT2D eigenvalue weighted by Crippen LogP contribution is -2.10. The van der Waals surface area contributed by atoms with Gasteiger partial charge in [0.2, 0.25) is 0 Å². The van der Waals surface area contributed by atoms with Crippen molar-refractivity contribution in [2.24, 2.45) is 0 Å². The van der Waals surface area contributed by atoms with E-state index in [2.05, 4.69) is 34.3 Å². The van der Waals surface area contributed by atoms with E-state index < -0.39 is 0 Å². The number of fused-ring (bicyclic) bond motifs is 1. The van der Waals surface area contributed by atoms with Gasteiger partial charge in [-0.15, -0.1) is 11.3 Å². The maximum absolute atomic E-state index is 4.43. The molecule has 0 spiro atoms. The fraction of sp³-hybridized carbons (Fsp3) is 0.200. The molecular formula is C15H15N3S. The average molecular weight is 269 g/mol. The van der Waals surface area contributed by atoms with Crippen LogP contribution in [0.5, 0.6) is 0 Å². The van der Waals surface area contributed by atoms with Gasteiger partial charge >= 0.3 is 0 Å². The molecule has 4 heteroatoms. The lowest BCUT2D eigenvalue weighted by Gasteiger charge is -2.12. The van der Waals surface area contributed by atoms with Gasteiger partial charge in [0, 0.05) is 35.6 Å². The first kappa shape index (κ1) is 12.1. The van der Waals surface area contributed by atoms with E-state index in [1.807, 2.05) is 36.0 Å². The molecule has 0 saturated carbocycles. The van der Waals surface area contributed by atoms with Crippen LogP contribution in [0.25, 0.3) is 10.8 Å². The van der Waals surface area contributed by atoms with Gasteiger partial charge in [0.25, 0.3) is 0 Å². The minimum Gasteiger partial charge on any atom is -0.369 e. The number of rotatable bonds is 4. The summed E-state index contributed by atoms with van der Waals surface area (Å²) in [6.45, 7) is 3.02. The van der Waals surface area contributed by atoms with Gasteiger partial charge in [-0.25, -0.2) is 9.97 Å². The number of pyridine rings is 1. The molecular weight excluding hydrogens is 254 g/mol. The third kappa shape index (κ3) is 2.58. The number of benzene rings is 1. The van der Waals surface area contributed by atoms with Crippen molar-refractivity contribution in [2.75, 3.05) is 11.9 Å². The average Bonchev–Trinajstić information content (AvgIpc) is 2.99. The predicted molar refractivity (Wildman–Crippen MR) is 80.8 cm³/mol. The minimum absolute atomic E-state index is 0.390. The van der Waals surface area contributed by atoms with Crippen LogP contribution in [0, 0.1) is 0 Å². The predicted octanol–water partition coefficient (Wildman–Crippen LogP) is 3.91. The molecule has 0 fully saturated rings. The van der Waals surface area contributed by atoms with Crippen molar-refractivity contribution in [1.29, 1.82) is 0 Å². The van der Waals surface area contributed by atoms with Crippen LogP contribution >= 0.6 is 11.3 Å². The van der Waals surface area contributed by atoms with E-state index in [1.54, 1.807) is 11.3 Å². The number of nitrogens with one attached hydrogen (secondary N) is 1. The third-order valence-corrected chi connectivity index (χ3v) is 4.13. The van der Waals surface area contributed by atoms with Crippen LogP contribution in [0.2, 0.25) is 0 Å². The standard InChI is InChI=1S/C15H15N3S/c1-11(15-17-8-9-19-15)10-18-14-13-5-3-2-4-12(13)6-7-16-14/h2-9,11H,10H2,1H3,(H,16,18). The highest BCUT2D eigenvalue weighted by molar-refractivity contribution is 7.09. The van der Waals surface area contributed by atoms with Crippen LogP contribution in [0.4, 0.5) is 5.82 Å². The zero-order valence-electron chi connectivity index (χ0n) is 10.7. The molecule has 3 aromatic rings. The lowest BCUT2D eigenvalue weighted by molar-refractivity contribution is 0.793. The quantitative estimate of drug-likeness (QED) is 0.780. The Labute approximate surface area is 116 Å². The van der Waals surface area contributed by atoms with E-state index in [0.29, 0.717) is 5.92 Å². The van der Waals surface area contributed by atoms with Gasteiger partial charge in [0.15, 0.2) is 0 Å². The lowest BCUT2D eigenvalue weighted by atomic mass is 10.1. The first-order valence-electron chi connectivity index (χ1n) is 6.31. The summed E-state index contributed by atoms with van der Waals surface area (Å²) in [4.78, 5) is 8.78. The molecule has 19 heavy (non-hydrogen) atoms. The molecule has 1 aromatic carbocycles. The second-order valence-electron chi connectivity index (χ2n) is 4.53. The zero-order valence-corrected chi connectivity index (χ0v) is 11.5. The summed E-state index contributed by atoms with van der Waals surface area (Å²) in [5.41, 5.74) is 0. The first-order valence-corrected chi connectivity index (χ1v) is 7.19. The second-order valence-corrected chi connectivity index (χ2v) is 5.46. The Hall–Kier alpha value is -1.94. The van der Waals surface area contributed by atoms with E-state index in [4.69, 9.17) is 0 Å². The number of thiazole rings is 1. The normalized spacial score (nSPS) is 12.5. The van der Waals surface area contributed by atoms with Gasteiger partial charge in [-0.05, 0) is 11.5 Å². The van der Waals surface area contributed by atoms with Gasteiger partial charge in [0.1, 0.15) is 5.82 Å². The number of hydrogen-bond donors (Lipinski definition) is 1.